The van der Waals surface area contributed by atoms with Crippen molar-refractivity contribution >= 4 is 11.9 Å². The molecule has 110 valence electrons. The van der Waals surface area contributed by atoms with Gasteiger partial charge in [-0.2, -0.15) is 0 Å². The summed E-state index contributed by atoms with van der Waals surface area (Å²) in [4.78, 5) is 23.7. The van der Waals surface area contributed by atoms with Gasteiger partial charge in [0.05, 0.1) is 19.3 Å². The first-order valence-corrected chi connectivity index (χ1v) is 6.65. The zero-order valence-electron chi connectivity index (χ0n) is 11.9. The van der Waals surface area contributed by atoms with Crippen molar-refractivity contribution in [3.8, 4) is 0 Å². The molecule has 0 aliphatic carbocycles. The van der Waals surface area contributed by atoms with Crippen molar-refractivity contribution in [2.75, 3.05) is 13.2 Å². The van der Waals surface area contributed by atoms with Crippen LogP contribution < -0.4 is 5.32 Å². The van der Waals surface area contributed by atoms with Gasteiger partial charge in [-0.15, -0.1) is 0 Å². The lowest BCUT2D eigenvalue weighted by atomic mass is 9.85. The second kappa shape index (κ2) is 5.28. The molecule has 2 N–H and O–H groups in total. The number of ether oxygens (including phenoxy) is 1. The first-order chi connectivity index (χ1) is 9.36. The highest BCUT2D eigenvalue weighted by Gasteiger charge is 2.47. The van der Waals surface area contributed by atoms with Gasteiger partial charge in [0.2, 0.25) is 0 Å². The molecule has 1 aliphatic rings. The second-order valence-corrected chi connectivity index (χ2v) is 5.66. The van der Waals surface area contributed by atoms with E-state index in [1.165, 1.54) is 0 Å². The normalized spacial score (nSPS) is 25.9. The standard InChI is InChI=1S/C14H20N2O4/c1-9(2)16-6-4-5-10(16)12(17)15-11-7-20-8-14(11,3)13(18)19/h4-6,9,11H,7-8H2,1-3H3,(H,15,17)(H,18,19). The average Bonchev–Trinajstić information content (AvgIpc) is 2.97. The highest BCUT2D eigenvalue weighted by Crippen LogP contribution is 2.29. The van der Waals surface area contributed by atoms with Crippen LogP contribution in [0.4, 0.5) is 0 Å². The molecule has 1 aliphatic heterocycles. The molecule has 1 aromatic heterocycles. The molecule has 0 spiro atoms. The van der Waals surface area contributed by atoms with Gasteiger partial charge in [-0.1, -0.05) is 0 Å². The molecule has 6 heteroatoms. The molecule has 1 aromatic rings. The lowest BCUT2D eigenvalue weighted by Gasteiger charge is -2.25. The van der Waals surface area contributed by atoms with Gasteiger partial charge in [0.15, 0.2) is 0 Å². The number of aromatic nitrogens is 1. The van der Waals surface area contributed by atoms with E-state index >= 15 is 0 Å². The maximum atomic E-state index is 12.3. The summed E-state index contributed by atoms with van der Waals surface area (Å²) in [5.41, 5.74) is -0.551. The summed E-state index contributed by atoms with van der Waals surface area (Å²) in [5.74, 6) is -1.23. The number of carboxylic acid groups (broad SMARTS) is 1. The number of amides is 1. The van der Waals surface area contributed by atoms with E-state index in [9.17, 15) is 14.7 Å². The predicted octanol–water partition coefficient (Wildman–Crippen LogP) is 1.29. The third kappa shape index (κ3) is 2.43. The van der Waals surface area contributed by atoms with E-state index in [2.05, 4.69) is 5.32 Å². The topological polar surface area (TPSA) is 80.6 Å². The number of nitrogens with zero attached hydrogens (tertiary/aromatic N) is 1. The molecule has 0 bridgehead atoms. The van der Waals surface area contributed by atoms with Gasteiger partial charge in [-0.05, 0) is 32.9 Å². The summed E-state index contributed by atoms with van der Waals surface area (Å²) in [6, 6.07) is 3.17. The Morgan fingerprint density at radius 3 is 2.85 bits per heavy atom. The molecular formula is C14H20N2O4. The third-order valence-corrected chi connectivity index (χ3v) is 3.82. The SMILES string of the molecule is CC(C)n1cccc1C(=O)NC1COCC1(C)C(=O)O. The number of carbonyl (C=O) groups is 2. The minimum absolute atomic E-state index is 0.110. The molecule has 6 nitrogen and oxygen atoms in total. The lowest BCUT2D eigenvalue weighted by Crippen LogP contribution is -2.50. The van der Waals surface area contributed by atoms with Gasteiger partial charge in [0.1, 0.15) is 11.1 Å². The van der Waals surface area contributed by atoms with Crippen LogP contribution in [0.15, 0.2) is 18.3 Å². The van der Waals surface area contributed by atoms with Crippen LogP contribution in [0.5, 0.6) is 0 Å². The average molecular weight is 280 g/mol. The molecule has 1 fully saturated rings. The van der Waals surface area contributed by atoms with E-state index in [-0.39, 0.29) is 25.2 Å². The minimum Gasteiger partial charge on any atom is -0.481 e. The fourth-order valence-electron chi connectivity index (χ4n) is 2.35. The van der Waals surface area contributed by atoms with Gasteiger partial charge in [0, 0.05) is 12.2 Å². The highest BCUT2D eigenvalue weighted by atomic mass is 16.5. The maximum absolute atomic E-state index is 12.3. The Kier molecular flexibility index (Phi) is 3.85. The first-order valence-electron chi connectivity index (χ1n) is 6.65. The van der Waals surface area contributed by atoms with Crippen LogP contribution in [0.25, 0.3) is 0 Å². The number of rotatable bonds is 4. The summed E-state index contributed by atoms with van der Waals surface area (Å²) in [5, 5.41) is 12.1. The minimum atomic E-state index is -1.08. The molecule has 20 heavy (non-hydrogen) atoms. The van der Waals surface area contributed by atoms with Crippen LogP contribution in [-0.4, -0.2) is 40.8 Å². The number of hydrogen-bond acceptors (Lipinski definition) is 3. The molecule has 1 saturated heterocycles. The van der Waals surface area contributed by atoms with Gasteiger partial charge >= 0.3 is 5.97 Å². The van der Waals surface area contributed by atoms with E-state index < -0.39 is 17.4 Å². The van der Waals surface area contributed by atoms with Crippen molar-refractivity contribution in [2.45, 2.75) is 32.9 Å². The van der Waals surface area contributed by atoms with Crippen LogP contribution in [0.1, 0.15) is 37.3 Å². The molecule has 2 atom stereocenters. The Hall–Kier alpha value is -1.82. The molecular weight excluding hydrogens is 260 g/mol. The smallest absolute Gasteiger partial charge is 0.313 e. The lowest BCUT2D eigenvalue weighted by molar-refractivity contribution is -0.148. The van der Waals surface area contributed by atoms with Crippen LogP contribution in [-0.2, 0) is 9.53 Å². The van der Waals surface area contributed by atoms with E-state index in [4.69, 9.17) is 4.74 Å². The van der Waals surface area contributed by atoms with Crippen molar-refractivity contribution in [1.29, 1.82) is 0 Å². The number of nitrogens with one attached hydrogen (secondary N) is 1. The largest absolute Gasteiger partial charge is 0.481 e. The number of carbonyl (C=O) groups excluding carboxylic acids is 1. The number of carboxylic acids is 1. The van der Waals surface area contributed by atoms with Crippen molar-refractivity contribution in [1.82, 2.24) is 9.88 Å². The fourth-order valence-corrected chi connectivity index (χ4v) is 2.35. The van der Waals surface area contributed by atoms with E-state index in [1.54, 1.807) is 19.1 Å². The summed E-state index contributed by atoms with van der Waals surface area (Å²) in [7, 11) is 0. The van der Waals surface area contributed by atoms with E-state index in [1.807, 2.05) is 24.6 Å². The molecule has 2 heterocycles. The fraction of sp³-hybridized carbons (Fsp3) is 0.571. The van der Waals surface area contributed by atoms with Gasteiger partial charge in [0.25, 0.3) is 5.91 Å². The van der Waals surface area contributed by atoms with Gasteiger partial charge < -0.3 is 19.7 Å². The zero-order valence-corrected chi connectivity index (χ0v) is 11.9. The molecule has 2 rings (SSSR count). The Balaban J connectivity index is 2.16. The zero-order chi connectivity index (χ0) is 14.9. The number of hydrogen-bond donors (Lipinski definition) is 2. The monoisotopic (exact) mass is 280 g/mol. The van der Waals surface area contributed by atoms with Crippen LogP contribution in [0.3, 0.4) is 0 Å². The molecule has 0 aromatic carbocycles. The second-order valence-electron chi connectivity index (χ2n) is 5.66. The molecule has 0 saturated carbocycles. The maximum Gasteiger partial charge on any atom is 0.313 e. The summed E-state index contributed by atoms with van der Waals surface area (Å²) >= 11 is 0. The van der Waals surface area contributed by atoms with Crippen molar-refractivity contribution < 1.29 is 19.4 Å². The van der Waals surface area contributed by atoms with Gasteiger partial charge in [-0.3, -0.25) is 9.59 Å². The van der Waals surface area contributed by atoms with Gasteiger partial charge in [-0.25, -0.2) is 0 Å². The van der Waals surface area contributed by atoms with Crippen LogP contribution >= 0.6 is 0 Å². The molecule has 2 unspecified atom stereocenters. The highest BCUT2D eigenvalue weighted by molar-refractivity contribution is 5.93. The van der Waals surface area contributed by atoms with E-state index in [0.29, 0.717) is 5.69 Å². The molecule has 0 radical (unpaired) electrons. The van der Waals surface area contributed by atoms with Crippen molar-refractivity contribution in [3.05, 3.63) is 24.0 Å². The quantitative estimate of drug-likeness (QED) is 0.871. The Bertz CT molecular complexity index is 523. The van der Waals surface area contributed by atoms with Crippen molar-refractivity contribution in [2.24, 2.45) is 5.41 Å². The van der Waals surface area contributed by atoms with Crippen molar-refractivity contribution in [3.63, 3.8) is 0 Å². The Labute approximate surface area is 117 Å². The third-order valence-electron chi connectivity index (χ3n) is 3.82. The molecule has 1 amide bonds. The summed E-state index contributed by atoms with van der Waals surface area (Å²) < 4.78 is 7.08. The first kappa shape index (κ1) is 14.6. The summed E-state index contributed by atoms with van der Waals surface area (Å²) in [6.45, 7) is 5.89. The van der Waals surface area contributed by atoms with E-state index in [0.717, 1.165) is 0 Å². The predicted molar refractivity (Wildman–Crippen MR) is 72.6 cm³/mol. The summed E-state index contributed by atoms with van der Waals surface area (Å²) in [6.07, 6.45) is 1.83. The van der Waals surface area contributed by atoms with Crippen LogP contribution in [0.2, 0.25) is 0 Å². The Morgan fingerprint density at radius 2 is 2.25 bits per heavy atom. The Morgan fingerprint density at radius 1 is 1.55 bits per heavy atom. The van der Waals surface area contributed by atoms with Crippen LogP contribution in [0, 0.1) is 5.41 Å². The number of aliphatic carboxylic acids is 1.